The van der Waals surface area contributed by atoms with Gasteiger partial charge in [0.1, 0.15) is 0 Å². The summed E-state index contributed by atoms with van der Waals surface area (Å²) in [6.45, 7) is 3.17. The van der Waals surface area contributed by atoms with Gasteiger partial charge < -0.3 is 19.7 Å². The Kier molecular flexibility index (Phi) is 4.24. The first-order valence-corrected chi connectivity index (χ1v) is 8.65. The lowest BCUT2D eigenvalue weighted by Gasteiger charge is -2.17. The van der Waals surface area contributed by atoms with Crippen molar-refractivity contribution in [2.24, 2.45) is 5.92 Å². The number of nitrogens with zero attached hydrogens (tertiary/aromatic N) is 1. The Hall–Kier alpha value is -3.02. The summed E-state index contributed by atoms with van der Waals surface area (Å²) in [7, 11) is 0. The molecule has 2 aromatic carbocycles. The quantitative estimate of drug-likeness (QED) is 0.918. The van der Waals surface area contributed by atoms with Crippen LogP contribution in [0.15, 0.2) is 42.5 Å². The van der Waals surface area contributed by atoms with Crippen LogP contribution in [0.25, 0.3) is 0 Å². The topological polar surface area (TPSA) is 67.9 Å². The Balaban J connectivity index is 1.39. The molecule has 1 saturated heterocycles. The number of hydrogen-bond donors (Lipinski definition) is 1. The predicted octanol–water partition coefficient (Wildman–Crippen LogP) is 2.51. The van der Waals surface area contributed by atoms with E-state index in [9.17, 15) is 9.59 Å². The minimum Gasteiger partial charge on any atom is -0.454 e. The van der Waals surface area contributed by atoms with Gasteiger partial charge >= 0.3 is 0 Å². The van der Waals surface area contributed by atoms with Crippen LogP contribution in [0, 0.1) is 12.8 Å². The van der Waals surface area contributed by atoms with E-state index < -0.39 is 0 Å². The van der Waals surface area contributed by atoms with Gasteiger partial charge in [-0.25, -0.2) is 0 Å². The third-order valence-electron chi connectivity index (χ3n) is 4.81. The molecule has 6 nitrogen and oxygen atoms in total. The maximum Gasteiger partial charge on any atom is 0.251 e. The molecule has 26 heavy (non-hydrogen) atoms. The van der Waals surface area contributed by atoms with Crippen LogP contribution in [0.5, 0.6) is 11.5 Å². The molecule has 2 aromatic rings. The molecule has 2 aliphatic heterocycles. The van der Waals surface area contributed by atoms with Crippen molar-refractivity contribution in [1.82, 2.24) is 5.32 Å². The Bertz CT molecular complexity index is 865. The number of nitrogens with one attached hydrogen (secondary N) is 1. The summed E-state index contributed by atoms with van der Waals surface area (Å²) in [4.78, 5) is 26.5. The van der Waals surface area contributed by atoms with Crippen LogP contribution in [0.2, 0.25) is 0 Å². The Morgan fingerprint density at radius 2 is 2.00 bits per heavy atom. The van der Waals surface area contributed by atoms with Crippen molar-refractivity contribution in [2.45, 2.75) is 13.3 Å². The number of anilines is 1. The molecule has 1 fully saturated rings. The average molecular weight is 352 g/mol. The van der Waals surface area contributed by atoms with Crippen LogP contribution in [0.3, 0.4) is 0 Å². The molecular formula is C20H20N2O4. The van der Waals surface area contributed by atoms with Gasteiger partial charge in [-0.3, -0.25) is 9.59 Å². The molecule has 2 heterocycles. The SMILES string of the molecule is Cc1ccccc1C(=O)NC[C@H]1CC(=O)N(c2ccc3c(c2)OCO3)C1. The largest absolute Gasteiger partial charge is 0.454 e. The number of carbonyl (C=O) groups excluding carboxylic acids is 2. The minimum absolute atomic E-state index is 0.0546. The van der Waals surface area contributed by atoms with E-state index in [0.29, 0.717) is 36.6 Å². The number of benzene rings is 2. The molecule has 0 unspecified atom stereocenters. The fourth-order valence-corrected chi connectivity index (χ4v) is 3.38. The van der Waals surface area contributed by atoms with E-state index in [2.05, 4.69) is 5.32 Å². The normalized spacial score (nSPS) is 18.3. The molecule has 0 aliphatic carbocycles. The van der Waals surface area contributed by atoms with Crippen molar-refractivity contribution in [1.29, 1.82) is 0 Å². The standard InChI is InChI=1S/C20H20N2O4/c1-13-4-2-3-5-16(13)20(24)21-10-14-8-19(23)22(11-14)15-6-7-17-18(9-15)26-12-25-17/h2-7,9,14H,8,10-12H2,1H3,(H,21,24)/t14-/m1/s1. The van der Waals surface area contributed by atoms with Gasteiger partial charge in [0.2, 0.25) is 12.7 Å². The summed E-state index contributed by atoms with van der Waals surface area (Å²) in [6.07, 6.45) is 0.419. The van der Waals surface area contributed by atoms with Gasteiger partial charge in [-0.1, -0.05) is 18.2 Å². The van der Waals surface area contributed by atoms with E-state index in [4.69, 9.17) is 9.47 Å². The summed E-state index contributed by atoms with van der Waals surface area (Å²) in [6, 6.07) is 13.0. The summed E-state index contributed by atoms with van der Waals surface area (Å²) in [5, 5.41) is 2.95. The number of fused-ring (bicyclic) bond motifs is 1. The monoisotopic (exact) mass is 352 g/mol. The second kappa shape index (κ2) is 6.71. The molecule has 6 heteroatoms. The summed E-state index contributed by atoms with van der Waals surface area (Å²) in [5.74, 6) is 1.39. The van der Waals surface area contributed by atoms with Crippen molar-refractivity contribution in [3.63, 3.8) is 0 Å². The highest BCUT2D eigenvalue weighted by Gasteiger charge is 2.31. The van der Waals surface area contributed by atoms with Gasteiger partial charge in [-0.2, -0.15) is 0 Å². The van der Waals surface area contributed by atoms with E-state index in [0.717, 1.165) is 11.3 Å². The van der Waals surface area contributed by atoms with Crippen molar-refractivity contribution in [2.75, 3.05) is 24.8 Å². The molecule has 134 valence electrons. The number of hydrogen-bond acceptors (Lipinski definition) is 4. The summed E-state index contributed by atoms with van der Waals surface area (Å²) in [5.41, 5.74) is 2.41. The molecule has 0 radical (unpaired) electrons. The number of ether oxygens (including phenoxy) is 2. The van der Waals surface area contributed by atoms with Crippen molar-refractivity contribution < 1.29 is 19.1 Å². The second-order valence-electron chi connectivity index (χ2n) is 6.64. The van der Waals surface area contributed by atoms with E-state index >= 15 is 0 Å². The van der Waals surface area contributed by atoms with Crippen molar-refractivity contribution >= 4 is 17.5 Å². The highest BCUT2D eigenvalue weighted by molar-refractivity contribution is 5.97. The first-order chi connectivity index (χ1) is 12.6. The Morgan fingerprint density at radius 3 is 2.85 bits per heavy atom. The van der Waals surface area contributed by atoms with Crippen LogP contribution >= 0.6 is 0 Å². The lowest BCUT2D eigenvalue weighted by Crippen LogP contribution is -2.31. The van der Waals surface area contributed by atoms with Crippen LogP contribution in [-0.2, 0) is 4.79 Å². The Morgan fingerprint density at radius 1 is 1.19 bits per heavy atom. The van der Waals surface area contributed by atoms with Gasteiger partial charge in [0.15, 0.2) is 11.5 Å². The average Bonchev–Trinajstić information content (AvgIpc) is 3.25. The first-order valence-electron chi connectivity index (χ1n) is 8.65. The zero-order chi connectivity index (χ0) is 18.1. The van der Waals surface area contributed by atoms with Crippen LogP contribution < -0.4 is 19.7 Å². The van der Waals surface area contributed by atoms with Crippen molar-refractivity contribution in [3.05, 3.63) is 53.6 Å². The molecule has 4 rings (SSSR count). The highest BCUT2D eigenvalue weighted by Crippen LogP contribution is 2.37. The van der Waals surface area contributed by atoms with E-state index in [1.165, 1.54) is 0 Å². The zero-order valence-electron chi connectivity index (χ0n) is 14.5. The highest BCUT2D eigenvalue weighted by atomic mass is 16.7. The minimum atomic E-state index is -0.0999. The molecule has 2 aliphatic rings. The van der Waals surface area contributed by atoms with E-state index in [1.54, 1.807) is 4.90 Å². The van der Waals surface area contributed by atoms with Crippen LogP contribution in [-0.4, -0.2) is 31.7 Å². The number of aryl methyl sites for hydroxylation is 1. The van der Waals surface area contributed by atoms with Gasteiger partial charge in [0.25, 0.3) is 5.91 Å². The second-order valence-corrected chi connectivity index (χ2v) is 6.64. The molecule has 2 amide bonds. The van der Waals surface area contributed by atoms with Crippen LogP contribution in [0.4, 0.5) is 5.69 Å². The molecule has 0 aromatic heterocycles. The van der Waals surface area contributed by atoms with Crippen molar-refractivity contribution in [3.8, 4) is 11.5 Å². The van der Waals surface area contributed by atoms with Gasteiger partial charge in [-0.05, 0) is 30.7 Å². The number of carbonyl (C=O) groups is 2. The number of amides is 2. The first kappa shape index (κ1) is 16.4. The molecule has 0 spiro atoms. The maximum atomic E-state index is 12.4. The lowest BCUT2D eigenvalue weighted by molar-refractivity contribution is -0.117. The van der Waals surface area contributed by atoms with E-state index in [-0.39, 0.29) is 24.5 Å². The smallest absolute Gasteiger partial charge is 0.251 e. The third kappa shape index (κ3) is 3.10. The lowest BCUT2D eigenvalue weighted by atomic mass is 10.1. The molecule has 0 saturated carbocycles. The van der Waals surface area contributed by atoms with Gasteiger partial charge in [-0.15, -0.1) is 0 Å². The fraction of sp³-hybridized carbons (Fsp3) is 0.300. The Labute approximate surface area is 151 Å². The zero-order valence-corrected chi connectivity index (χ0v) is 14.5. The summed E-state index contributed by atoms with van der Waals surface area (Å²) < 4.78 is 10.7. The molecule has 1 N–H and O–H groups in total. The molecule has 0 bridgehead atoms. The van der Waals surface area contributed by atoms with E-state index in [1.807, 2.05) is 49.4 Å². The molecule has 1 atom stereocenters. The van der Waals surface area contributed by atoms with Crippen LogP contribution in [0.1, 0.15) is 22.3 Å². The predicted molar refractivity (Wildman–Crippen MR) is 96.5 cm³/mol. The van der Waals surface area contributed by atoms with Gasteiger partial charge in [0, 0.05) is 42.7 Å². The van der Waals surface area contributed by atoms with Gasteiger partial charge in [0.05, 0.1) is 0 Å². The maximum absolute atomic E-state index is 12.4. The molecular weight excluding hydrogens is 332 g/mol. The summed E-state index contributed by atoms with van der Waals surface area (Å²) >= 11 is 0. The number of rotatable bonds is 4. The fourth-order valence-electron chi connectivity index (χ4n) is 3.38. The third-order valence-corrected chi connectivity index (χ3v) is 4.81.